The van der Waals surface area contributed by atoms with E-state index in [4.69, 9.17) is 4.74 Å². The van der Waals surface area contributed by atoms with E-state index in [1.165, 1.54) is 0 Å². The van der Waals surface area contributed by atoms with Crippen LogP contribution in [0.15, 0.2) is 0 Å². The van der Waals surface area contributed by atoms with Crippen molar-refractivity contribution in [2.45, 2.75) is 51.4 Å². The summed E-state index contributed by atoms with van der Waals surface area (Å²) in [6.45, 7) is 3.67. The zero-order valence-corrected chi connectivity index (χ0v) is 14.9. The molecule has 1 saturated heterocycles. The first-order valence-electron chi connectivity index (χ1n) is 8.35. The number of hydrogen-bond acceptors (Lipinski definition) is 4. The average molecular weight is 380 g/mol. The normalized spacial score (nSPS) is 30.8. The molecule has 1 saturated carbocycles. The molecule has 2 N–H and O–H groups in total. The van der Waals surface area contributed by atoms with Gasteiger partial charge in [-0.2, -0.15) is 13.2 Å². The van der Waals surface area contributed by atoms with Gasteiger partial charge in [0.2, 0.25) is 11.8 Å². The molecule has 0 bridgehead atoms. The Morgan fingerprint density at radius 1 is 1.38 bits per heavy atom. The van der Waals surface area contributed by atoms with E-state index in [-0.39, 0.29) is 25.5 Å². The van der Waals surface area contributed by atoms with Gasteiger partial charge in [0.05, 0.1) is 12.0 Å². The van der Waals surface area contributed by atoms with Gasteiger partial charge in [-0.05, 0) is 6.92 Å². The number of carboxylic acids is 1. The molecule has 1 aliphatic carbocycles. The Morgan fingerprint density at radius 2 is 2.00 bits per heavy atom. The van der Waals surface area contributed by atoms with Crippen LogP contribution in [0.25, 0.3) is 0 Å². The first kappa shape index (κ1) is 20.5. The van der Waals surface area contributed by atoms with Gasteiger partial charge in [-0.3, -0.25) is 9.59 Å². The highest BCUT2D eigenvalue weighted by Gasteiger charge is 2.66. The van der Waals surface area contributed by atoms with Crippen molar-refractivity contribution in [2.75, 3.05) is 19.7 Å². The third-order valence-electron chi connectivity index (χ3n) is 5.42. The lowest BCUT2D eigenvalue weighted by molar-refractivity contribution is -0.195. The molecule has 0 spiro atoms. The third kappa shape index (κ3) is 3.51. The van der Waals surface area contributed by atoms with Gasteiger partial charge >= 0.3 is 12.1 Å². The number of carbonyl (C=O) groups excluding carboxylic acids is 2. The summed E-state index contributed by atoms with van der Waals surface area (Å²) in [6.07, 6.45) is -5.23. The molecule has 0 aromatic heterocycles. The molecule has 0 aromatic carbocycles. The van der Waals surface area contributed by atoms with Crippen molar-refractivity contribution >= 4 is 17.8 Å². The van der Waals surface area contributed by atoms with Gasteiger partial charge in [0.1, 0.15) is 12.1 Å². The molecule has 0 radical (unpaired) electrons. The fourth-order valence-corrected chi connectivity index (χ4v) is 3.67. The molecule has 148 valence electrons. The molecule has 2 fully saturated rings. The highest BCUT2D eigenvalue weighted by Crippen LogP contribution is 2.51. The number of aliphatic carboxylic acids is 1. The van der Waals surface area contributed by atoms with Crippen molar-refractivity contribution in [3.05, 3.63) is 0 Å². The number of nitrogens with one attached hydrogen (secondary N) is 1. The van der Waals surface area contributed by atoms with Crippen molar-refractivity contribution in [2.24, 2.45) is 11.3 Å². The Kier molecular flexibility index (Phi) is 5.29. The van der Waals surface area contributed by atoms with E-state index in [2.05, 4.69) is 5.32 Å². The summed E-state index contributed by atoms with van der Waals surface area (Å²) in [7, 11) is 0. The van der Waals surface area contributed by atoms with Crippen molar-refractivity contribution in [1.29, 1.82) is 0 Å². The number of halogens is 3. The van der Waals surface area contributed by atoms with Gasteiger partial charge in [-0.1, -0.05) is 13.8 Å². The van der Waals surface area contributed by atoms with Crippen LogP contribution in [-0.4, -0.2) is 65.3 Å². The fourth-order valence-electron chi connectivity index (χ4n) is 3.67. The number of carboxylic acid groups (broad SMARTS) is 1. The Hall–Kier alpha value is -1.84. The quantitative estimate of drug-likeness (QED) is 0.721. The number of likely N-dealkylation sites (tertiary alicyclic amines) is 1. The summed E-state index contributed by atoms with van der Waals surface area (Å²) < 4.78 is 42.9. The van der Waals surface area contributed by atoms with Crippen LogP contribution in [0.5, 0.6) is 0 Å². The Bertz CT molecular complexity index is 607. The SMILES string of the molecule is CCOC1CC(NC(=O)C2CC(=O)N(CC(F)(F)F)C2)(C(=O)O)C1(C)C. The van der Waals surface area contributed by atoms with E-state index in [1.54, 1.807) is 20.8 Å². The van der Waals surface area contributed by atoms with E-state index in [0.29, 0.717) is 11.5 Å². The van der Waals surface area contributed by atoms with Crippen molar-refractivity contribution in [3.63, 3.8) is 0 Å². The molecule has 3 atom stereocenters. The zero-order valence-electron chi connectivity index (χ0n) is 14.9. The molecule has 2 rings (SSSR count). The first-order chi connectivity index (χ1) is 11.8. The number of hydrogen-bond donors (Lipinski definition) is 2. The molecule has 2 amide bonds. The van der Waals surface area contributed by atoms with Gasteiger partial charge in [0.25, 0.3) is 0 Å². The van der Waals surface area contributed by atoms with Crippen LogP contribution in [0.4, 0.5) is 13.2 Å². The Balaban J connectivity index is 2.08. The maximum Gasteiger partial charge on any atom is 0.406 e. The van der Waals surface area contributed by atoms with Crippen LogP contribution >= 0.6 is 0 Å². The van der Waals surface area contributed by atoms with Crippen molar-refractivity contribution < 1.29 is 37.4 Å². The molecule has 3 unspecified atom stereocenters. The second-order valence-corrected chi connectivity index (χ2v) is 7.36. The van der Waals surface area contributed by atoms with E-state index in [0.717, 1.165) is 0 Å². The Labute approximate surface area is 148 Å². The summed E-state index contributed by atoms with van der Waals surface area (Å²) >= 11 is 0. The summed E-state index contributed by atoms with van der Waals surface area (Å²) in [4.78, 5) is 36.6. The maximum absolute atomic E-state index is 12.5. The minimum absolute atomic E-state index is 0.0574. The van der Waals surface area contributed by atoms with Crippen molar-refractivity contribution in [1.82, 2.24) is 10.2 Å². The molecular weight excluding hydrogens is 357 g/mol. The minimum Gasteiger partial charge on any atom is -0.479 e. The van der Waals surface area contributed by atoms with Gasteiger partial charge < -0.3 is 20.1 Å². The second-order valence-electron chi connectivity index (χ2n) is 7.36. The fraction of sp³-hybridized carbons (Fsp3) is 0.812. The van der Waals surface area contributed by atoms with Gasteiger partial charge in [0.15, 0.2) is 0 Å². The lowest BCUT2D eigenvalue weighted by Gasteiger charge is -2.58. The molecular formula is C16H23F3N2O5. The van der Waals surface area contributed by atoms with Gasteiger partial charge in [-0.15, -0.1) is 0 Å². The minimum atomic E-state index is -4.55. The van der Waals surface area contributed by atoms with E-state index in [1.807, 2.05) is 0 Å². The zero-order chi connectivity index (χ0) is 19.9. The van der Waals surface area contributed by atoms with Crippen LogP contribution < -0.4 is 5.32 Å². The molecule has 1 aliphatic heterocycles. The van der Waals surface area contributed by atoms with Gasteiger partial charge in [0, 0.05) is 31.4 Å². The third-order valence-corrected chi connectivity index (χ3v) is 5.42. The van der Waals surface area contributed by atoms with Crippen molar-refractivity contribution in [3.8, 4) is 0 Å². The molecule has 0 aromatic rings. The number of amides is 2. The summed E-state index contributed by atoms with van der Waals surface area (Å²) in [5.41, 5.74) is -2.48. The summed E-state index contributed by atoms with van der Waals surface area (Å²) in [5.74, 6) is -3.74. The van der Waals surface area contributed by atoms with E-state index in [9.17, 15) is 32.7 Å². The number of ether oxygens (including phenoxy) is 1. The number of nitrogens with zero attached hydrogens (tertiary/aromatic N) is 1. The van der Waals surface area contributed by atoms with Crippen LogP contribution in [0, 0.1) is 11.3 Å². The number of alkyl halides is 3. The van der Waals surface area contributed by atoms with Gasteiger partial charge in [-0.25, -0.2) is 4.79 Å². The van der Waals surface area contributed by atoms with E-state index >= 15 is 0 Å². The monoisotopic (exact) mass is 380 g/mol. The average Bonchev–Trinajstić information content (AvgIpc) is 2.84. The highest BCUT2D eigenvalue weighted by molar-refractivity contribution is 5.94. The predicted molar refractivity (Wildman–Crippen MR) is 83.1 cm³/mol. The topological polar surface area (TPSA) is 95.9 Å². The smallest absolute Gasteiger partial charge is 0.406 e. The first-order valence-corrected chi connectivity index (χ1v) is 8.35. The standard InChI is InChI=1S/C16H23F3N2O5/c1-4-26-10-6-15(13(24)25,14(10,2)3)20-12(23)9-5-11(22)21(7-9)8-16(17,18)19/h9-10H,4-8H2,1-3H3,(H,20,23)(H,24,25). The summed E-state index contributed by atoms with van der Waals surface area (Å²) in [6, 6.07) is 0. The molecule has 26 heavy (non-hydrogen) atoms. The summed E-state index contributed by atoms with van der Waals surface area (Å²) in [5, 5.41) is 12.1. The number of carbonyl (C=O) groups is 3. The maximum atomic E-state index is 12.5. The van der Waals surface area contributed by atoms with Crippen LogP contribution in [0.2, 0.25) is 0 Å². The lowest BCUT2D eigenvalue weighted by atomic mass is 9.54. The molecule has 7 nitrogen and oxygen atoms in total. The van der Waals surface area contributed by atoms with Crippen LogP contribution in [0.1, 0.15) is 33.6 Å². The molecule has 1 heterocycles. The largest absolute Gasteiger partial charge is 0.479 e. The predicted octanol–water partition coefficient (Wildman–Crippen LogP) is 1.17. The second kappa shape index (κ2) is 6.71. The Morgan fingerprint density at radius 3 is 2.46 bits per heavy atom. The lowest BCUT2D eigenvalue weighted by Crippen LogP contribution is -2.76. The molecule has 10 heteroatoms. The highest BCUT2D eigenvalue weighted by atomic mass is 19.4. The number of rotatable bonds is 6. The van der Waals surface area contributed by atoms with Crippen LogP contribution in [-0.2, 0) is 19.1 Å². The molecule has 2 aliphatic rings. The van der Waals surface area contributed by atoms with E-state index < -0.39 is 47.4 Å². The van der Waals surface area contributed by atoms with Crippen LogP contribution in [0.3, 0.4) is 0 Å².